The molecule has 0 unspecified atom stereocenters. The number of fused-ring (bicyclic) bond motifs is 1. The Bertz CT molecular complexity index is 1440. The summed E-state index contributed by atoms with van der Waals surface area (Å²) in [5.74, 6) is 0.617. The minimum Gasteiger partial charge on any atom is -0.496 e. The minimum absolute atomic E-state index is 0.0662. The van der Waals surface area contributed by atoms with Crippen LogP contribution in [0.2, 0.25) is 5.02 Å². The van der Waals surface area contributed by atoms with Gasteiger partial charge in [0.1, 0.15) is 24.0 Å². The molecule has 31 heavy (non-hydrogen) atoms. The lowest BCUT2D eigenvalue weighted by molar-refractivity contribution is 0.416. The number of anilines is 1. The highest BCUT2D eigenvalue weighted by Gasteiger charge is 2.18. The molecule has 0 aliphatic heterocycles. The normalized spacial score (nSPS) is 11.1. The number of sulfonamides is 1. The maximum atomic E-state index is 12.8. The number of aromatic nitrogens is 3. The second kappa shape index (κ2) is 8.18. The smallest absolute Gasteiger partial charge is 0.263 e. The van der Waals surface area contributed by atoms with Crippen LogP contribution >= 0.6 is 11.6 Å². The van der Waals surface area contributed by atoms with Gasteiger partial charge in [-0.2, -0.15) is 5.26 Å². The number of benzene rings is 2. The van der Waals surface area contributed by atoms with Gasteiger partial charge in [0.05, 0.1) is 28.3 Å². The summed E-state index contributed by atoms with van der Waals surface area (Å²) in [6, 6.07) is 13.0. The third kappa shape index (κ3) is 3.99. The Morgan fingerprint density at radius 2 is 1.94 bits per heavy atom. The maximum absolute atomic E-state index is 12.8. The number of hydrogen-bond donors (Lipinski definition) is 1. The molecule has 2 aromatic carbocycles. The lowest BCUT2D eigenvalue weighted by atomic mass is 10.0. The average Bonchev–Trinajstić information content (AvgIpc) is 2.78. The van der Waals surface area contributed by atoms with E-state index in [0.717, 1.165) is 0 Å². The number of methoxy groups -OCH3 is 1. The van der Waals surface area contributed by atoms with Gasteiger partial charge in [0.15, 0.2) is 0 Å². The standard InChI is InChI=1S/C21H14ClN5O3S/c1-30-19-10-18(22)14(11-23)9-17(19)21-16-3-2-15(8-13(16)4-7-25-21)31(28,29)27-20-5-6-24-12-26-20/h2-10,12H,1H3,(H,24,26,27). The van der Waals surface area contributed by atoms with E-state index in [1.54, 1.807) is 30.5 Å². The first-order valence-electron chi connectivity index (χ1n) is 8.88. The van der Waals surface area contributed by atoms with Gasteiger partial charge in [-0.1, -0.05) is 17.7 Å². The van der Waals surface area contributed by atoms with Crippen LogP contribution in [0.1, 0.15) is 5.56 Å². The molecule has 4 aromatic rings. The molecule has 10 heteroatoms. The number of pyridine rings is 1. The molecule has 4 rings (SSSR count). The number of ether oxygens (including phenoxy) is 1. The van der Waals surface area contributed by atoms with E-state index in [9.17, 15) is 13.7 Å². The van der Waals surface area contributed by atoms with Crippen LogP contribution in [0.4, 0.5) is 5.82 Å². The van der Waals surface area contributed by atoms with Crippen LogP contribution in [-0.4, -0.2) is 30.5 Å². The van der Waals surface area contributed by atoms with E-state index in [-0.39, 0.29) is 21.3 Å². The Morgan fingerprint density at radius 3 is 2.65 bits per heavy atom. The number of nitriles is 1. The van der Waals surface area contributed by atoms with Gasteiger partial charge in [-0.05, 0) is 35.7 Å². The number of rotatable bonds is 5. The average molecular weight is 452 g/mol. The molecule has 2 heterocycles. The highest BCUT2D eigenvalue weighted by atomic mass is 35.5. The van der Waals surface area contributed by atoms with Crippen molar-refractivity contribution in [2.45, 2.75) is 4.90 Å². The van der Waals surface area contributed by atoms with E-state index >= 15 is 0 Å². The molecule has 0 aliphatic carbocycles. The van der Waals surface area contributed by atoms with Crippen molar-refractivity contribution < 1.29 is 13.2 Å². The molecule has 0 saturated heterocycles. The van der Waals surface area contributed by atoms with E-state index in [2.05, 4.69) is 19.7 Å². The van der Waals surface area contributed by atoms with Crippen molar-refractivity contribution in [2.75, 3.05) is 11.8 Å². The Labute approximate surface area is 183 Å². The molecule has 0 saturated carbocycles. The van der Waals surface area contributed by atoms with Gasteiger partial charge in [-0.3, -0.25) is 9.71 Å². The van der Waals surface area contributed by atoms with Crippen molar-refractivity contribution >= 4 is 38.2 Å². The summed E-state index contributed by atoms with van der Waals surface area (Å²) in [4.78, 5) is 12.2. The molecule has 0 spiro atoms. The zero-order valence-electron chi connectivity index (χ0n) is 16.1. The second-order valence-corrected chi connectivity index (χ2v) is 8.48. The fraction of sp³-hybridized carbons (Fsp3) is 0.0476. The van der Waals surface area contributed by atoms with Crippen LogP contribution in [-0.2, 0) is 10.0 Å². The highest BCUT2D eigenvalue weighted by Crippen LogP contribution is 2.37. The van der Waals surface area contributed by atoms with Crippen LogP contribution in [0.5, 0.6) is 5.75 Å². The maximum Gasteiger partial charge on any atom is 0.263 e. The number of nitrogens with one attached hydrogen (secondary N) is 1. The molecule has 0 radical (unpaired) electrons. The van der Waals surface area contributed by atoms with Crippen molar-refractivity contribution in [1.82, 2.24) is 15.0 Å². The summed E-state index contributed by atoms with van der Waals surface area (Å²) in [7, 11) is -2.36. The third-order valence-electron chi connectivity index (χ3n) is 4.53. The van der Waals surface area contributed by atoms with Gasteiger partial charge < -0.3 is 4.74 Å². The second-order valence-electron chi connectivity index (χ2n) is 6.39. The Kier molecular flexibility index (Phi) is 5.42. The van der Waals surface area contributed by atoms with Crippen LogP contribution in [0.15, 0.2) is 66.1 Å². The summed E-state index contributed by atoms with van der Waals surface area (Å²) in [6.45, 7) is 0. The third-order valence-corrected chi connectivity index (χ3v) is 6.20. The number of halogens is 1. The van der Waals surface area contributed by atoms with Crippen molar-refractivity contribution in [2.24, 2.45) is 0 Å². The lowest BCUT2D eigenvalue weighted by Crippen LogP contribution is -2.13. The van der Waals surface area contributed by atoms with Crippen molar-refractivity contribution in [3.8, 4) is 23.1 Å². The first-order valence-corrected chi connectivity index (χ1v) is 10.7. The van der Waals surface area contributed by atoms with Gasteiger partial charge in [0.25, 0.3) is 10.0 Å². The number of nitrogens with zero attached hydrogens (tertiary/aromatic N) is 4. The van der Waals surface area contributed by atoms with Crippen LogP contribution in [0, 0.1) is 11.3 Å². The largest absolute Gasteiger partial charge is 0.496 e. The van der Waals surface area contributed by atoms with Crippen molar-refractivity contribution in [1.29, 1.82) is 5.26 Å². The van der Waals surface area contributed by atoms with Gasteiger partial charge in [-0.25, -0.2) is 18.4 Å². The molecule has 0 fully saturated rings. The Balaban J connectivity index is 1.83. The van der Waals surface area contributed by atoms with E-state index < -0.39 is 10.0 Å². The molecule has 0 amide bonds. The minimum atomic E-state index is -3.86. The molecular formula is C21H14ClN5O3S. The zero-order valence-corrected chi connectivity index (χ0v) is 17.6. The first kappa shape index (κ1) is 20.5. The molecular weight excluding hydrogens is 438 g/mol. The molecule has 8 nitrogen and oxygen atoms in total. The molecule has 0 bridgehead atoms. The fourth-order valence-electron chi connectivity index (χ4n) is 3.08. The predicted octanol–water partition coefficient (Wildman–Crippen LogP) is 4.03. The van der Waals surface area contributed by atoms with Crippen LogP contribution < -0.4 is 9.46 Å². The predicted molar refractivity (Wildman–Crippen MR) is 116 cm³/mol. The first-order chi connectivity index (χ1) is 14.9. The van der Waals surface area contributed by atoms with E-state index in [4.69, 9.17) is 16.3 Å². The summed E-state index contributed by atoms with van der Waals surface area (Å²) in [5.41, 5.74) is 1.39. The van der Waals surface area contributed by atoms with Crippen molar-refractivity contribution in [3.63, 3.8) is 0 Å². The summed E-state index contributed by atoms with van der Waals surface area (Å²) in [5, 5.41) is 10.9. The molecule has 2 aromatic heterocycles. The van der Waals surface area contributed by atoms with E-state index in [1.165, 1.54) is 37.8 Å². The topological polar surface area (TPSA) is 118 Å². The van der Waals surface area contributed by atoms with Gasteiger partial charge in [0.2, 0.25) is 0 Å². The summed E-state index contributed by atoms with van der Waals surface area (Å²) in [6.07, 6.45) is 4.26. The lowest BCUT2D eigenvalue weighted by Gasteiger charge is -2.13. The Morgan fingerprint density at radius 1 is 1.10 bits per heavy atom. The number of hydrogen-bond acceptors (Lipinski definition) is 7. The monoisotopic (exact) mass is 451 g/mol. The molecule has 154 valence electrons. The molecule has 0 aliphatic rings. The van der Waals surface area contributed by atoms with Gasteiger partial charge >= 0.3 is 0 Å². The zero-order chi connectivity index (χ0) is 22.0. The summed E-state index contributed by atoms with van der Waals surface area (Å²) >= 11 is 6.12. The Hall–Kier alpha value is -3.74. The van der Waals surface area contributed by atoms with Crippen molar-refractivity contribution in [3.05, 3.63) is 71.8 Å². The highest BCUT2D eigenvalue weighted by molar-refractivity contribution is 7.92. The van der Waals surface area contributed by atoms with E-state index in [1.807, 2.05) is 6.07 Å². The quantitative estimate of drug-likeness (QED) is 0.486. The molecule has 0 atom stereocenters. The van der Waals surface area contributed by atoms with Crippen LogP contribution in [0.3, 0.4) is 0 Å². The molecule has 1 N–H and O–H groups in total. The SMILES string of the molecule is COc1cc(Cl)c(C#N)cc1-c1nccc2cc(S(=O)(=O)Nc3ccncn3)ccc12. The summed E-state index contributed by atoms with van der Waals surface area (Å²) < 4.78 is 33.4. The van der Waals surface area contributed by atoms with Gasteiger partial charge in [-0.15, -0.1) is 0 Å². The van der Waals surface area contributed by atoms with Gasteiger partial charge in [0, 0.05) is 29.4 Å². The van der Waals surface area contributed by atoms with Crippen LogP contribution in [0.25, 0.3) is 22.0 Å². The fourth-order valence-corrected chi connectivity index (χ4v) is 4.32. The van der Waals surface area contributed by atoms with E-state index in [0.29, 0.717) is 27.8 Å².